The molecular formula is C8H7BrN2S. The van der Waals surface area contributed by atoms with E-state index in [2.05, 4.69) is 20.9 Å². The van der Waals surface area contributed by atoms with Gasteiger partial charge >= 0.3 is 0 Å². The van der Waals surface area contributed by atoms with Crippen LogP contribution in [-0.4, -0.2) is 4.98 Å². The van der Waals surface area contributed by atoms with E-state index in [-0.39, 0.29) is 0 Å². The Kier molecular flexibility index (Phi) is 1.81. The standard InChI is InChI=1S/C8H7BrN2S/c1-4-11-7-3-5(10)2-6(9)8(7)12-4/h2-3H,10H2,1H3. The second-order valence-corrected chi connectivity index (χ2v) is 4.64. The van der Waals surface area contributed by atoms with E-state index in [0.717, 1.165) is 20.7 Å². The van der Waals surface area contributed by atoms with Crippen LogP contribution in [0.3, 0.4) is 0 Å². The van der Waals surface area contributed by atoms with E-state index in [0.29, 0.717) is 0 Å². The zero-order valence-corrected chi connectivity index (χ0v) is 8.87. The van der Waals surface area contributed by atoms with Gasteiger partial charge < -0.3 is 5.73 Å². The van der Waals surface area contributed by atoms with Gasteiger partial charge in [-0.15, -0.1) is 11.3 Å². The van der Waals surface area contributed by atoms with Gasteiger partial charge in [-0.05, 0) is 35.0 Å². The molecule has 2 aromatic rings. The van der Waals surface area contributed by atoms with Gasteiger partial charge in [0.05, 0.1) is 15.2 Å². The number of anilines is 1. The summed E-state index contributed by atoms with van der Waals surface area (Å²) in [6.45, 7) is 1.99. The summed E-state index contributed by atoms with van der Waals surface area (Å²) in [7, 11) is 0. The number of aromatic nitrogens is 1. The van der Waals surface area contributed by atoms with Crippen LogP contribution >= 0.6 is 27.3 Å². The summed E-state index contributed by atoms with van der Waals surface area (Å²) in [5.41, 5.74) is 7.39. The average molecular weight is 243 g/mol. The number of aryl methyl sites for hydroxylation is 1. The van der Waals surface area contributed by atoms with E-state index in [4.69, 9.17) is 5.73 Å². The van der Waals surface area contributed by atoms with Crippen molar-refractivity contribution < 1.29 is 0 Å². The van der Waals surface area contributed by atoms with Gasteiger partial charge in [0.1, 0.15) is 0 Å². The van der Waals surface area contributed by atoms with Gasteiger partial charge in [0.15, 0.2) is 0 Å². The molecule has 0 fully saturated rings. The van der Waals surface area contributed by atoms with Crippen molar-refractivity contribution in [1.29, 1.82) is 0 Å². The van der Waals surface area contributed by atoms with Gasteiger partial charge in [0, 0.05) is 10.2 Å². The summed E-state index contributed by atoms with van der Waals surface area (Å²) in [5, 5.41) is 1.07. The maximum atomic E-state index is 5.67. The monoisotopic (exact) mass is 242 g/mol. The van der Waals surface area contributed by atoms with Crippen LogP contribution < -0.4 is 5.73 Å². The van der Waals surface area contributed by atoms with Crippen molar-refractivity contribution in [2.24, 2.45) is 0 Å². The molecule has 4 heteroatoms. The first-order chi connectivity index (χ1) is 5.66. The quantitative estimate of drug-likeness (QED) is 0.722. The van der Waals surface area contributed by atoms with Crippen LogP contribution in [0.5, 0.6) is 0 Å². The first-order valence-electron chi connectivity index (χ1n) is 3.49. The summed E-state index contributed by atoms with van der Waals surface area (Å²) >= 11 is 5.13. The molecule has 0 saturated carbocycles. The Bertz CT molecular complexity index is 436. The van der Waals surface area contributed by atoms with Gasteiger partial charge in [-0.1, -0.05) is 0 Å². The molecule has 0 bridgehead atoms. The summed E-state index contributed by atoms with van der Waals surface area (Å²) in [4.78, 5) is 4.34. The van der Waals surface area contributed by atoms with Gasteiger partial charge in [-0.25, -0.2) is 4.98 Å². The van der Waals surface area contributed by atoms with Crippen molar-refractivity contribution in [2.75, 3.05) is 5.73 Å². The molecule has 0 atom stereocenters. The minimum atomic E-state index is 0.750. The number of halogens is 1. The molecule has 0 saturated heterocycles. The highest BCUT2D eigenvalue weighted by Crippen LogP contribution is 2.31. The minimum absolute atomic E-state index is 0.750. The van der Waals surface area contributed by atoms with Gasteiger partial charge in [-0.3, -0.25) is 0 Å². The van der Waals surface area contributed by atoms with Crippen LogP contribution in [0, 0.1) is 6.92 Å². The van der Waals surface area contributed by atoms with Crippen molar-refractivity contribution in [3.05, 3.63) is 21.6 Å². The summed E-state index contributed by atoms with van der Waals surface area (Å²) in [6.07, 6.45) is 0. The molecule has 0 spiro atoms. The molecule has 62 valence electrons. The zero-order valence-electron chi connectivity index (χ0n) is 6.47. The van der Waals surface area contributed by atoms with Crippen molar-refractivity contribution in [3.8, 4) is 0 Å². The fourth-order valence-corrected chi connectivity index (χ4v) is 2.64. The van der Waals surface area contributed by atoms with Crippen LogP contribution in [0.2, 0.25) is 0 Å². The lowest BCUT2D eigenvalue weighted by molar-refractivity contribution is 1.35. The SMILES string of the molecule is Cc1nc2cc(N)cc(Br)c2s1. The highest BCUT2D eigenvalue weighted by Gasteiger charge is 2.04. The fraction of sp³-hybridized carbons (Fsp3) is 0.125. The van der Waals surface area contributed by atoms with E-state index < -0.39 is 0 Å². The summed E-state index contributed by atoms with van der Waals surface area (Å²) in [6, 6.07) is 3.80. The minimum Gasteiger partial charge on any atom is -0.399 e. The molecule has 2 rings (SSSR count). The number of hydrogen-bond acceptors (Lipinski definition) is 3. The summed E-state index contributed by atoms with van der Waals surface area (Å²) in [5.74, 6) is 0. The van der Waals surface area contributed by atoms with Crippen LogP contribution in [0.4, 0.5) is 5.69 Å². The van der Waals surface area contributed by atoms with Crippen LogP contribution in [0.25, 0.3) is 10.2 Å². The maximum Gasteiger partial charge on any atom is 0.0908 e. The van der Waals surface area contributed by atoms with Gasteiger partial charge in [0.25, 0.3) is 0 Å². The molecule has 0 unspecified atom stereocenters. The Labute approximate surface area is 82.5 Å². The smallest absolute Gasteiger partial charge is 0.0908 e. The Hall–Kier alpha value is -0.610. The number of nitrogens with two attached hydrogens (primary N) is 1. The Morgan fingerprint density at radius 1 is 1.50 bits per heavy atom. The Morgan fingerprint density at radius 3 is 3.00 bits per heavy atom. The van der Waals surface area contributed by atoms with E-state index in [1.807, 2.05) is 19.1 Å². The Morgan fingerprint density at radius 2 is 2.25 bits per heavy atom. The first kappa shape index (κ1) is 8.01. The average Bonchev–Trinajstić information content (AvgIpc) is 2.29. The number of fused-ring (bicyclic) bond motifs is 1. The molecule has 12 heavy (non-hydrogen) atoms. The number of nitrogen functional groups attached to an aromatic ring is 1. The number of nitrogens with zero attached hydrogens (tertiary/aromatic N) is 1. The lowest BCUT2D eigenvalue weighted by atomic mass is 10.3. The molecule has 1 heterocycles. The molecule has 0 aliphatic heterocycles. The third-order valence-electron chi connectivity index (χ3n) is 1.57. The normalized spacial score (nSPS) is 10.8. The number of rotatable bonds is 0. The molecule has 0 aliphatic rings. The molecular weight excluding hydrogens is 236 g/mol. The van der Waals surface area contributed by atoms with Crippen LogP contribution in [-0.2, 0) is 0 Å². The lowest BCUT2D eigenvalue weighted by Gasteiger charge is -1.94. The zero-order chi connectivity index (χ0) is 8.72. The first-order valence-corrected chi connectivity index (χ1v) is 5.10. The molecule has 0 aliphatic carbocycles. The molecule has 2 nitrogen and oxygen atoms in total. The van der Waals surface area contributed by atoms with Crippen LogP contribution in [0.1, 0.15) is 5.01 Å². The predicted molar refractivity (Wildman–Crippen MR) is 56.5 cm³/mol. The second kappa shape index (κ2) is 2.71. The molecule has 1 aromatic heterocycles. The number of thiazole rings is 1. The third kappa shape index (κ3) is 1.21. The summed E-state index contributed by atoms with van der Waals surface area (Å²) < 4.78 is 2.20. The largest absolute Gasteiger partial charge is 0.399 e. The van der Waals surface area contributed by atoms with Gasteiger partial charge in [-0.2, -0.15) is 0 Å². The van der Waals surface area contributed by atoms with Crippen molar-refractivity contribution in [1.82, 2.24) is 4.98 Å². The number of hydrogen-bond donors (Lipinski definition) is 1. The highest BCUT2D eigenvalue weighted by molar-refractivity contribution is 9.10. The molecule has 0 radical (unpaired) electrons. The third-order valence-corrected chi connectivity index (χ3v) is 3.48. The lowest BCUT2D eigenvalue weighted by Crippen LogP contribution is -1.83. The second-order valence-electron chi connectivity index (χ2n) is 2.58. The highest BCUT2D eigenvalue weighted by atomic mass is 79.9. The van der Waals surface area contributed by atoms with Crippen molar-refractivity contribution >= 4 is 43.2 Å². The van der Waals surface area contributed by atoms with E-state index in [9.17, 15) is 0 Å². The molecule has 1 aromatic carbocycles. The van der Waals surface area contributed by atoms with E-state index >= 15 is 0 Å². The predicted octanol–water partition coefficient (Wildman–Crippen LogP) is 2.95. The maximum absolute atomic E-state index is 5.67. The van der Waals surface area contributed by atoms with Crippen LogP contribution in [0.15, 0.2) is 16.6 Å². The molecule has 0 amide bonds. The number of benzene rings is 1. The Balaban J connectivity index is 2.88. The van der Waals surface area contributed by atoms with E-state index in [1.54, 1.807) is 11.3 Å². The van der Waals surface area contributed by atoms with E-state index in [1.165, 1.54) is 4.70 Å². The topological polar surface area (TPSA) is 38.9 Å². The van der Waals surface area contributed by atoms with Gasteiger partial charge in [0.2, 0.25) is 0 Å². The van der Waals surface area contributed by atoms with Crippen molar-refractivity contribution in [3.63, 3.8) is 0 Å². The fourth-order valence-electron chi connectivity index (χ4n) is 1.12. The molecule has 2 N–H and O–H groups in total. The van der Waals surface area contributed by atoms with Crippen molar-refractivity contribution in [2.45, 2.75) is 6.92 Å².